The number of hydrogen-bond acceptors (Lipinski definition) is 7. The Hall–Kier alpha value is 2.41. The van der Waals surface area contributed by atoms with Crippen LogP contribution in [0.5, 0.6) is 0 Å². The SMILES string of the molecule is O.O.O.O.O.O=BOB([O-])OB([O-])OB=O.[K+].[K+]. The van der Waals surface area contributed by atoms with Crippen LogP contribution in [0.25, 0.3) is 0 Å². The van der Waals surface area contributed by atoms with E-state index in [1.165, 1.54) is 0 Å². The van der Waals surface area contributed by atoms with Gasteiger partial charge in [0.1, 0.15) is 0 Å². The van der Waals surface area contributed by atoms with Gasteiger partial charge in [0.05, 0.1) is 0 Å². The van der Waals surface area contributed by atoms with Crippen LogP contribution < -0.4 is 113 Å². The summed E-state index contributed by atoms with van der Waals surface area (Å²) in [7, 11) is -4.92. The summed E-state index contributed by atoms with van der Waals surface area (Å²) >= 11 is 0. The Morgan fingerprint density at radius 2 is 0.944 bits per heavy atom. The van der Waals surface area contributed by atoms with E-state index in [-0.39, 0.29) is 145 Å². The topological polar surface area (TPSA) is 265 Å². The second-order valence-electron chi connectivity index (χ2n) is 1.18. The molecular formula is H10B4K2O12. The molecule has 0 heterocycles. The van der Waals surface area contributed by atoms with E-state index in [4.69, 9.17) is 0 Å². The fraction of sp³-hybridized carbons (Fsp3) is 0. The van der Waals surface area contributed by atoms with Gasteiger partial charge in [0.2, 0.25) is 0 Å². The molecule has 0 aromatic rings. The van der Waals surface area contributed by atoms with Gasteiger partial charge in [0, 0.05) is 0 Å². The molecule has 96 valence electrons. The molecule has 18 heteroatoms. The molecule has 0 saturated carbocycles. The molecule has 0 rings (SSSR count). The molecule has 0 bridgehead atoms. The van der Waals surface area contributed by atoms with E-state index in [0.717, 1.165) is 0 Å². The van der Waals surface area contributed by atoms with Crippen LogP contribution in [0.2, 0.25) is 0 Å². The molecule has 0 radical (unpaired) electrons. The van der Waals surface area contributed by atoms with Crippen molar-refractivity contribution in [1.29, 1.82) is 0 Å². The van der Waals surface area contributed by atoms with E-state index < -0.39 is 14.6 Å². The third kappa shape index (κ3) is 36.2. The summed E-state index contributed by atoms with van der Waals surface area (Å²) in [6.07, 6.45) is 0. The molecule has 0 amide bonds. The average Bonchev–Trinajstić information content (AvgIpc) is 1.87. The minimum Gasteiger partial charge on any atom is 1.00 e. The van der Waals surface area contributed by atoms with Gasteiger partial charge in [0.15, 0.2) is 0 Å². The predicted octanol–water partition coefficient (Wildman–Crippen LogP) is -14.5. The maximum Gasteiger partial charge on any atom is 1.00 e. The maximum atomic E-state index is 10.1. The van der Waals surface area contributed by atoms with Crippen molar-refractivity contribution in [3.63, 3.8) is 0 Å². The van der Waals surface area contributed by atoms with Gasteiger partial charge in [-0.2, -0.15) is 0 Å². The van der Waals surface area contributed by atoms with Crippen LogP contribution in [0.1, 0.15) is 0 Å². The first kappa shape index (κ1) is 49.9. The first-order valence-electron chi connectivity index (χ1n) is 2.36. The molecule has 0 saturated heterocycles. The molecule has 12 nitrogen and oxygen atoms in total. The number of rotatable bonds is 6. The van der Waals surface area contributed by atoms with Crippen LogP contribution in [-0.4, -0.2) is 56.7 Å². The molecule has 0 aromatic heterocycles. The van der Waals surface area contributed by atoms with Gasteiger partial charge >= 0.3 is 165 Å². The Labute approximate surface area is 189 Å². The minimum absolute atomic E-state index is 0. The van der Waals surface area contributed by atoms with Crippen molar-refractivity contribution in [2.75, 3.05) is 0 Å². The number of hydrogen-bond donors (Lipinski definition) is 0. The molecule has 18 heavy (non-hydrogen) atoms. The van der Waals surface area contributed by atoms with Crippen molar-refractivity contribution in [3.05, 3.63) is 0 Å². The maximum absolute atomic E-state index is 10.1. The van der Waals surface area contributed by atoms with Gasteiger partial charge in [0.25, 0.3) is 0 Å². The van der Waals surface area contributed by atoms with Gasteiger partial charge in [-0.3, -0.25) is 0 Å². The van der Waals surface area contributed by atoms with E-state index in [1.54, 1.807) is 0 Å². The van der Waals surface area contributed by atoms with Gasteiger partial charge < -0.3 is 27.4 Å². The standard InChI is InChI=1S/B4O7.2K.5H2O/c5-1-9-3(7)11-4(8)10-2-6;;;;;;;/h;;;5*1H2/q-2;2*+1;;;;;. The van der Waals surface area contributed by atoms with E-state index in [1.807, 2.05) is 0 Å². The van der Waals surface area contributed by atoms with E-state index in [0.29, 0.717) is 0 Å². The van der Waals surface area contributed by atoms with Crippen LogP contribution in [0.3, 0.4) is 0 Å². The van der Waals surface area contributed by atoms with Crippen LogP contribution in [0.15, 0.2) is 0 Å². The van der Waals surface area contributed by atoms with E-state index in [9.17, 15) is 19.5 Å². The van der Waals surface area contributed by atoms with Crippen LogP contribution in [-0.2, 0) is 23.1 Å². The monoisotopic (exact) mass is 324 g/mol. The third-order valence-corrected chi connectivity index (χ3v) is 0.556. The summed E-state index contributed by atoms with van der Waals surface area (Å²) in [4.78, 5) is 0. The van der Waals surface area contributed by atoms with Crippen molar-refractivity contribution in [2.24, 2.45) is 0 Å². The normalized spacial score (nSPS) is 4.56. The van der Waals surface area contributed by atoms with Crippen molar-refractivity contribution in [2.45, 2.75) is 0 Å². The Balaban J connectivity index is -0.0000000238. The molecule has 0 unspecified atom stereocenters. The Bertz CT molecular complexity index is 121. The van der Waals surface area contributed by atoms with E-state index in [2.05, 4.69) is 13.7 Å². The predicted molar refractivity (Wildman–Crippen MR) is 45.7 cm³/mol. The van der Waals surface area contributed by atoms with E-state index >= 15 is 0 Å². The van der Waals surface area contributed by atoms with Gasteiger partial charge in [-0.25, -0.2) is 0 Å². The zero-order valence-corrected chi connectivity index (χ0v) is 15.9. The average molecular weight is 324 g/mol. The summed E-state index contributed by atoms with van der Waals surface area (Å²) in [6.45, 7) is 0. The van der Waals surface area contributed by atoms with Crippen LogP contribution in [0, 0.1) is 0 Å². The summed E-state index contributed by atoms with van der Waals surface area (Å²) in [5.41, 5.74) is 0. The third-order valence-electron chi connectivity index (χ3n) is 0.556. The Morgan fingerprint density at radius 3 is 1.11 bits per heavy atom. The van der Waals surface area contributed by atoms with Crippen molar-refractivity contribution >= 4 is 29.3 Å². The van der Waals surface area contributed by atoms with Gasteiger partial charge in [-0.1, -0.05) is 0 Å². The Morgan fingerprint density at radius 1 is 0.722 bits per heavy atom. The summed E-state index contributed by atoms with van der Waals surface area (Å²) in [6, 6.07) is 0. The van der Waals surface area contributed by atoms with Crippen LogP contribution >= 0.6 is 0 Å². The fourth-order valence-corrected chi connectivity index (χ4v) is 0.246. The van der Waals surface area contributed by atoms with Crippen molar-refractivity contribution < 1.29 is 163 Å². The second kappa shape index (κ2) is 36.6. The Kier molecular flexibility index (Phi) is 101. The second-order valence-corrected chi connectivity index (χ2v) is 1.18. The largest absolute Gasteiger partial charge is 1.00 e. The summed E-state index contributed by atoms with van der Waals surface area (Å²) < 4.78 is 29.8. The first-order valence-corrected chi connectivity index (χ1v) is 2.36. The molecule has 0 atom stereocenters. The van der Waals surface area contributed by atoms with Crippen molar-refractivity contribution in [3.8, 4) is 0 Å². The van der Waals surface area contributed by atoms with Crippen molar-refractivity contribution in [1.82, 2.24) is 0 Å². The molecule has 0 spiro atoms. The summed E-state index contributed by atoms with van der Waals surface area (Å²) in [5, 5.41) is 20.3. The minimum atomic E-state index is -2.27. The van der Waals surface area contributed by atoms with Gasteiger partial charge in [-0.15, -0.1) is 0 Å². The quantitative estimate of drug-likeness (QED) is 0.425. The summed E-state index contributed by atoms with van der Waals surface area (Å²) in [5.74, 6) is 0. The molecule has 0 aliphatic rings. The molecule has 0 aliphatic heterocycles. The molecule has 0 aliphatic carbocycles. The zero-order chi connectivity index (χ0) is 8.69. The first-order chi connectivity index (χ1) is 5.20. The van der Waals surface area contributed by atoms with Crippen LogP contribution in [0.4, 0.5) is 0 Å². The molecule has 10 N–H and O–H groups in total. The molecular weight excluding hydrogens is 313 g/mol. The zero-order valence-electron chi connectivity index (χ0n) is 9.67. The van der Waals surface area contributed by atoms with Gasteiger partial charge in [-0.05, 0) is 0 Å². The molecule has 0 fully saturated rings. The fourth-order valence-electron chi connectivity index (χ4n) is 0.246. The smallest absolute Gasteiger partial charge is 1.00 e. The molecule has 0 aromatic carbocycles.